The Morgan fingerprint density at radius 1 is 0.974 bits per heavy atom. The van der Waals surface area contributed by atoms with E-state index in [0.29, 0.717) is 18.9 Å². The highest BCUT2D eigenvalue weighted by atomic mass is 16.5. The molecule has 5 amide bonds. The van der Waals surface area contributed by atoms with E-state index in [1.807, 2.05) is 20.8 Å². The Bertz CT molecular complexity index is 1060. The number of imide groups is 2. The standard InChI is InChI=1S/C29H41N3O7/c1-29(2,3)39-19-24(34)30-17-10-8-6-4-5-7-9-11-18-38-22-14-12-13-20-25(22)28(37)32(27(20)36)21-15-16-23(33)31-26(21)35/h12-14,21H,4-11,15-19H2,1-3H3,(H,30,34)(H,31,33,35). The van der Waals surface area contributed by atoms with Crippen LogP contribution in [0.3, 0.4) is 0 Å². The van der Waals surface area contributed by atoms with Gasteiger partial charge in [-0.05, 0) is 52.2 Å². The second kappa shape index (κ2) is 14.2. The molecule has 39 heavy (non-hydrogen) atoms. The van der Waals surface area contributed by atoms with Gasteiger partial charge in [-0.2, -0.15) is 0 Å². The van der Waals surface area contributed by atoms with E-state index in [9.17, 15) is 24.0 Å². The molecular formula is C29H41N3O7. The zero-order valence-electron chi connectivity index (χ0n) is 23.3. The van der Waals surface area contributed by atoms with Gasteiger partial charge < -0.3 is 14.8 Å². The molecule has 10 nitrogen and oxygen atoms in total. The predicted molar refractivity (Wildman–Crippen MR) is 144 cm³/mol. The number of nitrogens with zero attached hydrogens (tertiary/aromatic N) is 1. The number of carbonyl (C=O) groups is 5. The smallest absolute Gasteiger partial charge is 0.266 e. The van der Waals surface area contributed by atoms with Crippen molar-refractivity contribution in [3.05, 3.63) is 29.3 Å². The van der Waals surface area contributed by atoms with Crippen molar-refractivity contribution in [1.29, 1.82) is 0 Å². The lowest BCUT2D eigenvalue weighted by atomic mass is 10.0. The van der Waals surface area contributed by atoms with Crippen LogP contribution in [0.1, 0.15) is 106 Å². The Hall–Kier alpha value is -3.27. The fourth-order valence-electron chi connectivity index (χ4n) is 4.63. The van der Waals surface area contributed by atoms with E-state index in [1.165, 1.54) is 0 Å². The van der Waals surface area contributed by atoms with Crippen LogP contribution in [-0.4, -0.2) is 65.8 Å². The van der Waals surface area contributed by atoms with Gasteiger partial charge in [-0.3, -0.25) is 34.2 Å². The van der Waals surface area contributed by atoms with Gasteiger partial charge in [-0.25, -0.2) is 0 Å². The molecular weight excluding hydrogens is 502 g/mol. The maximum Gasteiger partial charge on any atom is 0.266 e. The highest BCUT2D eigenvalue weighted by Crippen LogP contribution is 2.33. The normalized spacial score (nSPS) is 17.3. The summed E-state index contributed by atoms with van der Waals surface area (Å²) in [5.41, 5.74) is 0.0939. The molecule has 1 aromatic carbocycles. The number of piperidine rings is 1. The van der Waals surface area contributed by atoms with Gasteiger partial charge in [0, 0.05) is 13.0 Å². The van der Waals surface area contributed by atoms with E-state index in [2.05, 4.69) is 10.6 Å². The Morgan fingerprint density at radius 2 is 1.64 bits per heavy atom. The number of fused-ring (bicyclic) bond motifs is 1. The van der Waals surface area contributed by atoms with Crippen molar-refractivity contribution in [3.63, 3.8) is 0 Å². The summed E-state index contributed by atoms with van der Waals surface area (Å²) in [6.07, 6.45) is 8.53. The highest BCUT2D eigenvalue weighted by Gasteiger charge is 2.45. The third-order valence-electron chi connectivity index (χ3n) is 6.72. The maximum atomic E-state index is 13.1. The van der Waals surface area contributed by atoms with Crippen LogP contribution in [0.4, 0.5) is 0 Å². The van der Waals surface area contributed by atoms with Gasteiger partial charge in [-0.15, -0.1) is 0 Å². The number of rotatable bonds is 15. The van der Waals surface area contributed by atoms with Crippen LogP contribution in [0.25, 0.3) is 0 Å². The minimum atomic E-state index is -0.991. The quantitative estimate of drug-likeness (QED) is 0.256. The fraction of sp³-hybridized carbons (Fsp3) is 0.621. The summed E-state index contributed by atoms with van der Waals surface area (Å²) in [6, 6.07) is 3.90. The van der Waals surface area contributed by atoms with E-state index in [-0.39, 0.29) is 42.1 Å². The van der Waals surface area contributed by atoms with Gasteiger partial charge in [0.25, 0.3) is 11.8 Å². The van der Waals surface area contributed by atoms with Crippen LogP contribution in [0, 0.1) is 0 Å². The maximum absolute atomic E-state index is 13.1. The van der Waals surface area contributed by atoms with Crippen LogP contribution >= 0.6 is 0 Å². The number of hydrogen-bond acceptors (Lipinski definition) is 7. The van der Waals surface area contributed by atoms with Crippen LogP contribution in [-0.2, 0) is 19.1 Å². The van der Waals surface area contributed by atoms with Crippen LogP contribution in [0.5, 0.6) is 5.75 Å². The molecule has 2 aliphatic rings. The van der Waals surface area contributed by atoms with Crippen molar-refractivity contribution in [1.82, 2.24) is 15.5 Å². The van der Waals surface area contributed by atoms with Gasteiger partial charge in [0.1, 0.15) is 18.4 Å². The lowest BCUT2D eigenvalue weighted by Gasteiger charge is -2.27. The van der Waals surface area contributed by atoms with E-state index >= 15 is 0 Å². The first-order valence-corrected chi connectivity index (χ1v) is 14.0. The molecule has 0 bridgehead atoms. The fourth-order valence-corrected chi connectivity index (χ4v) is 4.63. The minimum Gasteiger partial charge on any atom is -0.493 e. The Morgan fingerprint density at radius 3 is 2.31 bits per heavy atom. The third kappa shape index (κ3) is 8.88. The lowest BCUT2D eigenvalue weighted by Crippen LogP contribution is -2.54. The summed E-state index contributed by atoms with van der Waals surface area (Å²) in [7, 11) is 0. The van der Waals surface area contributed by atoms with Crippen LogP contribution in [0.2, 0.25) is 0 Å². The summed E-state index contributed by atoms with van der Waals surface area (Å²) in [5.74, 6) is -1.85. The number of hydrogen-bond donors (Lipinski definition) is 2. The number of carbonyl (C=O) groups excluding carboxylic acids is 5. The van der Waals surface area contributed by atoms with E-state index < -0.39 is 29.7 Å². The SMILES string of the molecule is CC(C)(C)OCC(=O)NCCCCCCCCCCOc1cccc2c1C(=O)N(C1CCC(=O)NC1=O)C2=O. The number of amides is 5. The number of nitrogens with one attached hydrogen (secondary N) is 2. The molecule has 1 aromatic rings. The molecule has 0 spiro atoms. The van der Waals surface area contributed by atoms with Crippen molar-refractivity contribution in [2.75, 3.05) is 19.8 Å². The average molecular weight is 544 g/mol. The van der Waals surface area contributed by atoms with Crippen molar-refractivity contribution in [2.45, 2.75) is 96.6 Å². The third-order valence-corrected chi connectivity index (χ3v) is 6.72. The van der Waals surface area contributed by atoms with Gasteiger partial charge in [0.2, 0.25) is 17.7 Å². The van der Waals surface area contributed by atoms with Crippen molar-refractivity contribution < 1.29 is 33.4 Å². The van der Waals surface area contributed by atoms with E-state index in [4.69, 9.17) is 9.47 Å². The van der Waals surface area contributed by atoms with Gasteiger partial charge in [0.15, 0.2) is 0 Å². The summed E-state index contributed by atoms with van der Waals surface area (Å²) in [6.45, 7) is 6.96. The first-order valence-electron chi connectivity index (χ1n) is 14.0. The molecule has 0 saturated carbocycles. The van der Waals surface area contributed by atoms with Gasteiger partial charge >= 0.3 is 0 Å². The summed E-state index contributed by atoms with van der Waals surface area (Å²) in [5, 5.41) is 5.09. The second-order valence-electron chi connectivity index (χ2n) is 11.1. The highest BCUT2D eigenvalue weighted by molar-refractivity contribution is 6.24. The molecule has 2 heterocycles. The molecule has 1 saturated heterocycles. The molecule has 1 fully saturated rings. The van der Waals surface area contributed by atoms with Gasteiger partial charge in [0.05, 0.1) is 23.3 Å². The molecule has 2 aliphatic heterocycles. The first kappa shape index (κ1) is 30.3. The summed E-state index contributed by atoms with van der Waals surface area (Å²) in [4.78, 5) is 62.4. The Labute approximate surface area is 230 Å². The largest absolute Gasteiger partial charge is 0.493 e. The Kier molecular flexibility index (Phi) is 11.0. The monoisotopic (exact) mass is 543 g/mol. The zero-order chi connectivity index (χ0) is 28.4. The van der Waals surface area contributed by atoms with Crippen LogP contribution in [0.15, 0.2) is 18.2 Å². The number of unbranched alkanes of at least 4 members (excludes halogenated alkanes) is 7. The molecule has 0 radical (unpaired) electrons. The van der Waals surface area contributed by atoms with Crippen molar-refractivity contribution >= 4 is 29.5 Å². The summed E-state index contributed by atoms with van der Waals surface area (Å²) >= 11 is 0. The Balaban J connectivity index is 1.29. The van der Waals surface area contributed by atoms with Gasteiger partial charge in [-0.1, -0.05) is 44.6 Å². The zero-order valence-corrected chi connectivity index (χ0v) is 23.3. The molecule has 1 atom stereocenters. The average Bonchev–Trinajstić information content (AvgIpc) is 3.13. The summed E-state index contributed by atoms with van der Waals surface area (Å²) < 4.78 is 11.3. The topological polar surface area (TPSA) is 131 Å². The predicted octanol–water partition coefficient (Wildman–Crippen LogP) is 3.52. The second-order valence-corrected chi connectivity index (χ2v) is 11.1. The molecule has 1 unspecified atom stereocenters. The molecule has 214 valence electrons. The minimum absolute atomic E-state index is 0.0739. The molecule has 2 N–H and O–H groups in total. The molecule has 10 heteroatoms. The van der Waals surface area contributed by atoms with E-state index in [0.717, 1.165) is 56.3 Å². The van der Waals surface area contributed by atoms with Crippen molar-refractivity contribution in [2.24, 2.45) is 0 Å². The molecule has 0 aliphatic carbocycles. The molecule has 0 aromatic heterocycles. The number of ether oxygens (including phenoxy) is 2. The molecule has 3 rings (SSSR count). The lowest BCUT2D eigenvalue weighted by molar-refractivity contribution is -0.136. The van der Waals surface area contributed by atoms with Crippen LogP contribution < -0.4 is 15.4 Å². The van der Waals surface area contributed by atoms with Crippen molar-refractivity contribution in [3.8, 4) is 5.75 Å². The first-order chi connectivity index (χ1) is 18.6. The number of benzene rings is 1. The van der Waals surface area contributed by atoms with E-state index in [1.54, 1.807) is 18.2 Å².